The number of nitrogens with one attached hydrogen (secondary N) is 2. The Morgan fingerprint density at radius 1 is 1.04 bits per heavy atom. The molecule has 0 saturated carbocycles. The van der Waals surface area contributed by atoms with Crippen molar-refractivity contribution in [2.45, 2.75) is 13.0 Å². The molecule has 1 aliphatic rings. The number of hydrogen-bond acceptors (Lipinski definition) is 4. The summed E-state index contributed by atoms with van der Waals surface area (Å²) in [5.41, 5.74) is 2.49. The number of morpholine rings is 1. The number of anilines is 1. The summed E-state index contributed by atoms with van der Waals surface area (Å²) in [6.45, 7) is 2.89. The number of nitrogens with zero attached hydrogens (tertiary/aromatic N) is 1. The van der Waals surface area contributed by atoms with Gasteiger partial charge in [0.05, 0.1) is 32.2 Å². The Morgan fingerprint density at radius 3 is 2.48 bits per heavy atom. The number of carbonyl (C=O) groups is 2. The van der Waals surface area contributed by atoms with Gasteiger partial charge in [-0.1, -0.05) is 12.1 Å². The number of urea groups is 1. The molecule has 1 aromatic carbocycles. The maximum absolute atomic E-state index is 12.2. The van der Waals surface area contributed by atoms with Crippen molar-refractivity contribution in [3.05, 3.63) is 54.0 Å². The van der Waals surface area contributed by atoms with Crippen molar-refractivity contribution in [3.63, 3.8) is 0 Å². The molecule has 0 atom stereocenters. The minimum atomic E-state index is -0.293. The van der Waals surface area contributed by atoms with Gasteiger partial charge in [0.1, 0.15) is 0 Å². The quantitative estimate of drug-likeness (QED) is 0.870. The highest BCUT2D eigenvalue weighted by molar-refractivity contribution is 5.89. The standard InChI is InChI=1S/C18H21N3O4/c22-17(21-6-9-24-10-7-21)11-14-1-3-16(4-2-14)20-18(23)19-12-15-5-8-25-13-15/h1-5,8,13H,6-7,9-12H2,(H2,19,20,23). The van der Waals surface area contributed by atoms with Gasteiger partial charge in [-0.2, -0.15) is 0 Å². The minimum absolute atomic E-state index is 0.0989. The van der Waals surface area contributed by atoms with Gasteiger partial charge in [0.15, 0.2) is 0 Å². The third kappa shape index (κ3) is 5.09. The first-order chi connectivity index (χ1) is 12.2. The molecule has 3 rings (SSSR count). The van der Waals surface area contributed by atoms with Crippen LogP contribution < -0.4 is 10.6 Å². The minimum Gasteiger partial charge on any atom is -0.472 e. The second-order valence-electron chi connectivity index (χ2n) is 5.81. The number of hydrogen-bond donors (Lipinski definition) is 2. The lowest BCUT2D eigenvalue weighted by Crippen LogP contribution is -2.41. The maximum atomic E-state index is 12.2. The van der Waals surface area contributed by atoms with E-state index in [1.807, 2.05) is 17.0 Å². The lowest BCUT2D eigenvalue weighted by atomic mass is 10.1. The molecule has 132 valence electrons. The molecule has 0 radical (unpaired) electrons. The van der Waals surface area contributed by atoms with Crippen molar-refractivity contribution in [3.8, 4) is 0 Å². The maximum Gasteiger partial charge on any atom is 0.319 e. The van der Waals surface area contributed by atoms with E-state index in [9.17, 15) is 9.59 Å². The normalized spacial score (nSPS) is 14.2. The molecule has 2 N–H and O–H groups in total. The van der Waals surface area contributed by atoms with Crippen LogP contribution in [0.4, 0.5) is 10.5 Å². The number of carbonyl (C=O) groups excluding carboxylic acids is 2. The molecule has 2 aromatic rings. The highest BCUT2D eigenvalue weighted by Gasteiger charge is 2.16. The third-order valence-corrected chi connectivity index (χ3v) is 3.96. The van der Waals surface area contributed by atoms with Gasteiger partial charge in [-0.25, -0.2) is 4.79 Å². The second-order valence-corrected chi connectivity index (χ2v) is 5.81. The van der Waals surface area contributed by atoms with E-state index in [0.717, 1.165) is 11.1 Å². The molecular formula is C18H21N3O4. The van der Waals surface area contributed by atoms with E-state index in [2.05, 4.69) is 10.6 Å². The molecule has 1 saturated heterocycles. The molecule has 1 aliphatic heterocycles. The molecule has 7 nitrogen and oxygen atoms in total. The summed E-state index contributed by atoms with van der Waals surface area (Å²) in [4.78, 5) is 25.9. The lowest BCUT2D eigenvalue weighted by molar-refractivity contribution is -0.134. The summed E-state index contributed by atoms with van der Waals surface area (Å²) in [7, 11) is 0. The van der Waals surface area contributed by atoms with E-state index < -0.39 is 0 Å². The summed E-state index contributed by atoms with van der Waals surface area (Å²) in [6.07, 6.45) is 3.50. The number of rotatable bonds is 5. The van der Waals surface area contributed by atoms with Crippen molar-refractivity contribution in [1.82, 2.24) is 10.2 Å². The number of ether oxygens (including phenoxy) is 1. The molecule has 0 spiro atoms. The van der Waals surface area contributed by atoms with E-state index >= 15 is 0 Å². The SMILES string of the molecule is O=C(NCc1ccoc1)Nc1ccc(CC(=O)N2CCOCC2)cc1. The molecule has 7 heteroatoms. The fourth-order valence-electron chi connectivity index (χ4n) is 2.56. The fourth-order valence-corrected chi connectivity index (χ4v) is 2.56. The first-order valence-corrected chi connectivity index (χ1v) is 8.21. The Balaban J connectivity index is 1.46. The average Bonchev–Trinajstić information content (AvgIpc) is 3.16. The molecule has 0 bridgehead atoms. The monoisotopic (exact) mass is 343 g/mol. The molecule has 25 heavy (non-hydrogen) atoms. The fraction of sp³-hybridized carbons (Fsp3) is 0.333. The predicted molar refractivity (Wildman–Crippen MR) is 92.1 cm³/mol. The molecular weight excluding hydrogens is 322 g/mol. The zero-order valence-corrected chi connectivity index (χ0v) is 13.9. The molecule has 0 unspecified atom stereocenters. The zero-order chi connectivity index (χ0) is 17.5. The van der Waals surface area contributed by atoms with Crippen LogP contribution in [0.1, 0.15) is 11.1 Å². The van der Waals surface area contributed by atoms with Crippen LogP contribution in [-0.2, 0) is 22.5 Å². The summed E-state index contributed by atoms with van der Waals surface area (Å²) in [6, 6.07) is 8.78. The summed E-state index contributed by atoms with van der Waals surface area (Å²) < 4.78 is 10.2. The molecule has 1 fully saturated rings. The topological polar surface area (TPSA) is 83.8 Å². The number of amides is 3. The van der Waals surface area contributed by atoms with Crippen LogP contribution in [0.15, 0.2) is 47.3 Å². The molecule has 2 heterocycles. The third-order valence-electron chi connectivity index (χ3n) is 3.96. The van der Waals surface area contributed by atoms with Crippen molar-refractivity contribution >= 4 is 17.6 Å². The van der Waals surface area contributed by atoms with Crippen LogP contribution in [-0.4, -0.2) is 43.1 Å². The smallest absolute Gasteiger partial charge is 0.319 e. The van der Waals surface area contributed by atoms with E-state index in [4.69, 9.17) is 9.15 Å². The van der Waals surface area contributed by atoms with Crippen LogP contribution >= 0.6 is 0 Å². The van der Waals surface area contributed by atoms with Gasteiger partial charge in [0.25, 0.3) is 0 Å². The molecule has 1 aromatic heterocycles. The van der Waals surface area contributed by atoms with Gasteiger partial charge in [-0.05, 0) is 23.8 Å². The van der Waals surface area contributed by atoms with Gasteiger partial charge in [-0.15, -0.1) is 0 Å². The average molecular weight is 343 g/mol. The largest absolute Gasteiger partial charge is 0.472 e. The highest BCUT2D eigenvalue weighted by Crippen LogP contribution is 2.12. The predicted octanol–water partition coefficient (Wildman–Crippen LogP) is 2.00. The van der Waals surface area contributed by atoms with Gasteiger partial charge in [-0.3, -0.25) is 4.79 Å². The van der Waals surface area contributed by atoms with Crippen LogP contribution in [0.3, 0.4) is 0 Å². The van der Waals surface area contributed by atoms with Crippen molar-refractivity contribution in [2.24, 2.45) is 0 Å². The van der Waals surface area contributed by atoms with E-state index in [1.165, 1.54) is 0 Å². The van der Waals surface area contributed by atoms with Crippen LogP contribution in [0, 0.1) is 0 Å². The Hall–Kier alpha value is -2.80. The van der Waals surface area contributed by atoms with Gasteiger partial charge in [0.2, 0.25) is 5.91 Å². The van der Waals surface area contributed by atoms with Crippen LogP contribution in [0.2, 0.25) is 0 Å². The van der Waals surface area contributed by atoms with Crippen molar-refractivity contribution in [1.29, 1.82) is 0 Å². The van der Waals surface area contributed by atoms with Crippen LogP contribution in [0.25, 0.3) is 0 Å². The summed E-state index contributed by atoms with van der Waals surface area (Å²) in [5.74, 6) is 0.0989. The summed E-state index contributed by atoms with van der Waals surface area (Å²) >= 11 is 0. The van der Waals surface area contributed by atoms with Crippen molar-refractivity contribution < 1.29 is 18.7 Å². The zero-order valence-electron chi connectivity index (χ0n) is 13.9. The Labute approximate surface area is 145 Å². The number of benzene rings is 1. The Morgan fingerprint density at radius 2 is 1.80 bits per heavy atom. The first-order valence-electron chi connectivity index (χ1n) is 8.21. The van der Waals surface area contributed by atoms with E-state index in [0.29, 0.717) is 45.0 Å². The summed E-state index contributed by atoms with van der Waals surface area (Å²) in [5, 5.41) is 5.50. The van der Waals surface area contributed by atoms with E-state index in [1.54, 1.807) is 30.7 Å². The first kappa shape index (κ1) is 17.0. The Bertz CT molecular complexity index is 692. The van der Waals surface area contributed by atoms with Gasteiger partial charge >= 0.3 is 6.03 Å². The lowest BCUT2D eigenvalue weighted by Gasteiger charge is -2.26. The van der Waals surface area contributed by atoms with Crippen molar-refractivity contribution in [2.75, 3.05) is 31.6 Å². The van der Waals surface area contributed by atoms with Crippen LogP contribution in [0.5, 0.6) is 0 Å². The van der Waals surface area contributed by atoms with Gasteiger partial charge < -0.3 is 24.7 Å². The number of furan rings is 1. The van der Waals surface area contributed by atoms with E-state index in [-0.39, 0.29) is 11.9 Å². The van der Waals surface area contributed by atoms with Gasteiger partial charge in [0, 0.05) is 30.9 Å². The molecule has 3 amide bonds. The highest BCUT2D eigenvalue weighted by atomic mass is 16.5. The molecule has 0 aliphatic carbocycles. The second kappa shape index (κ2) is 8.34. The Kier molecular flexibility index (Phi) is 5.69.